The Hall–Kier alpha value is 0.748. The van der Waals surface area contributed by atoms with E-state index in [1.165, 1.54) is 25.7 Å². The number of hydrogen-bond acceptors (Lipinski definition) is 0. The summed E-state index contributed by atoms with van der Waals surface area (Å²) < 4.78 is 0. The predicted octanol–water partition coefficient (Wildman–Crippen LogP) is 4.05. The van der Waals surface area contributed by atoms with E-state index in [1.54, 1.807) is 0 Å². The molecule has 1 rings (SSSR count). The molecule has 0 spiro atoms. The Balaban J connectivity index is 0.000000292. The van der Waals surface area contributed by atoms with E-state index in [0.29, 0.717) is 0 Å². The van der Waals surface area contributed by atoms with Gasteiger partial charge in [0.2, 0.25) is 0 Å². The Labute approximate surface area is 85.0 Å². The fraction of sp³-hybridized carbons (Fsp3) is 0.500. The van der Waals surface area contributed by atoms with Gasteiger partial charge in [-0.15, -0.1) is 0 Å². The zero-order chi connectivity index (χ0) is 8.36. The van der Waals surface area contributed by atoms with Crippen LogP contribution in [0.15, 0.2) is 24.3 Å². The second kappa shape index (κ2) is 10.7. The summed E-state index contributed by atoms with van der Waals surface area (Å²) >= 11 is -0.472. The fourth-order valence-electron chi connectivity index (χ4n) is 0.856. The molecule has 0 amide bonds. The second-order valence-corrected chi connectivity index (χ2v) is 5.43. The van der Waals surface area contributed by atoms with E-state index in [-0.39, 0.29) is 0 Å². The second-order valence-electron chi connectivity index (χ2n) is 2.14. The monoisotopic (exact) mass is 373 g/mol. The van der Waals surface area contributed by atoms with Crippen molar-refractivity contribution in [2.75, 3.05) is 0 Å². The Morgan fingerprint density at radius 1 is 0.727 bits per heavy atom. The molecule has 0 aromatic rings. The molecule has 1 aliphatic carbocycles. The maximum absolute atomic E-state index is 4.88. The SMILES string of the molecule is C1=C\CC/C=C\CC/1.[Cl][Pt][Cl]. The van der Waals surface area contributed by atoms with Gasteiger partial charge in [-0.2, -0.15) is 0 Å². The van der Waals surface area contributed by atoms with Crippen molar-refractivity contribution in [1.29, 1.82) is 0 Å². The molecule has 0 aromatic carbocycles. The summed E-state index contributed by atoms with van der Waals surface area (Å²) in [4.78, 5) is 0. The molecule has 0 atom stereocenters. The van der Waals surface area contributed by atoms with E-state index in [2.05, 4.69) is 24.3 Å². The fourth-order valence-corrected chi connectivity index (χ4v) is 0.856. The first-order valence-electron chi connectivity index (χ1n) is 3.54. The van der Waals surface area contributed by atoms with Crippen molar-refractivity contribution in [3.63, 3.8) is 0 Å². The molecule has 3 heteroatoms. The van der Waals surface area contributed by atoms with Gasteiger partial charge >= 0.3 is 35.3 Å². The summed E-state index contributed by atoms with van der Waals surface area (Å²) in [7, 11) is 9.75. The van der Waals surface area contributed by atoms with Crippen molar-refractivity contribution in [1.82, 2.24) is 0 Å². The molecule has 0 bridgehead atoms. The van der Waals surface area contributed by atoms with Gasteiger partial charge in [-0.25, -0.2) is 0 Å². The first kappa shape index (κ1) is 11.7. The average Bonchev–Trinajstić information content (AvgIpc) is 1.86. The van der Waals surface area contributed by atoms with Crippen molar-refractivity contribution < 1.29 is 16.5 Å². The van der Waals surface area contributed by atoms with Crippen LogP contribution in [0.4, 0.5) is 0 Å². The minimum atomic E-state index is -0.472. The van der Waals surface area contributed by atoms with Crippen molar-refractivity contribution in [2.45, 2.75) is 25.7 Å². The maximum atomic E-state index is 4.88. The van der Waals surface area contributed by atoms with E-state index < -0.39 is 16.5 Å². The first-order chi connectivity index (χ1) is 5.41. The van der Waals surface area contributed by atoms with Gasteiger partial charge in [-0.05, 0) is 25.7 Å². The summed E-state index contributed by atoms with van der Waals surface area (Å²) in [6.45, 7) is 0. The normalized spacial score (nSPS) is 22.4. The number of allylic oxidation sites excluding steroid dienone is 4. The topological polar surface area (TPSA) is 0 Å². The Morgan fingerprint density at radius 3 is 1.09 bits per heavy atom. The molecule has 0 fully saturated rings. The average molecular weight is 374 g/mol. The van der Waals surface area contributed by atoms with Crippen LogP contribution < -0.4 is 0 Å². The standard InChI is InChI=1S/C8H12.2ClH.Pt/c1-2-4-6-8-7-5-3-1;;;/h1-2,7-8H,3-6H2;2*1H;/q;;;+2/p-2/b2-1-,8-7-;;;. The summed E-state index contributed by atoms with van der Waals surface area (Å²) in [5, 5.41) is 0. The van der Waals surface area contributed by atoms with Crippen LogP contribution in [-0.4, -0.2) is 0 Å². The van der Waals surface area contributed by atoms with Gasteiger partial charge in [0.15, 0.2) is 0 Å². The van der Waals surface area contributed by atoms with Crippen LogP contribution >= 0.6 is 18.8 Å². The third kappa shape index (κ3) is 10.7. The van der Waals surface area contributed by atoms with E-state index in [4.69, 9.17) is 18.8 Å². The summed E-state index contributed by atoms with van der Waals surface area (Å²) in [5.41, 5.74) is 0. The predicted molar refractivity (Wildman–Crippen MR) is 48.5 cm³/mol. The van der Waals surface area contributed by atoms with Crippen LogP contribution in [0.3, 0.4) is 0 Å². The Morgan fingerprint density at radius 2 is 0.909 bits per heavy atom. The molecular weight excluding hydrogens is 362 g/mol. The minimum absolute atomic E-state index is 0.472. The molecule has 0 saturated carbocycles. The third-order valence-electron chi connectivity index (χ3n) is 1.33. The molecule has 68 valence electrons. The van der Waals surface area contributed by atoms with Gasteiger partial charge in [-0.1, -0.05) is 24.3 Å². The van der Waals surface area contributed by atoms with Crippen LogP contribution in [0.5, 0.6) is 0 Å². The molecule has 0 aromatic heterocycles. The summed E-state index contributed by atoms with van der Waals surface area (Å²) in [5.74, 6) is 0. The summed E-state index contributed by atoms with van der Waals surface area (Å²) in [6.07, 6.45) is 14.0. The van der Waals surface area contributed by atoms with E-state index >= 15 is 0 Å². The number of rotatable bonds is 0. The van der Waals surface area contributed by atoms with Crippen molar-refractivity contribution in [3.8, 4) is 0 Å². The molecule has 0 nitrogen and oxygen atoms in total. The van der Waals surface area contributed by atoms with E-state index in [1.807, 2.05) is 0 Å². The number of hydrogen-bond donors (Lipinski definition) is 0. The zero-order valence-electron chi connectivity index (χ0n) is 6.21. The molecule has 0 unspecified atom stereocenters. The first-order valence-corrected chi connectivity index (χ1v) is 9.17. The van der Waals surface area contributed by atoms with Gasteiger partial charge in [0.05, 0.1) is 0 Å². The Kier molecular flexibility index (Phi) is 11.5. The van der Waals surface area contributed by atoms with E-state index in [0.717, 1.165) is 0 Å². The van der Waals surface area contributed by atoms with Crippen LogP contribution in [0.2, 0.25) is 0 Å². The van der Waals surface area contributed by atoms with Crippen LogP contribution in [-0.2, 0) is 16.5 Å². The van der Waals surface area contributed by atoms with Gasteiger partial charge in [0.25, 0.3) is 0 Å². The molecule has 0 N–H and O–H groups in total. The molecule has 0 heterocycles. The molecule has 0 radical (unpaired) electrons. The van der Waals surface area contributed by atoms with Crippen molar-refractivity contribution in [2.24, 2.45) is 0 Å². The van der Waals surface area contributed by atoms with Gasteiger partial charge in [0.1, 0.15) is 0 Å². The van der Waals surface area contributed by atoms with E-state index in [9.17, 15) is 0 Å². The molecule has 0 aliphatic heterocycles. The van der Waals surface area contributed by atoms with Crippen molar-refractivity contribution in [3.05, 3.63) is 24.3 Å². The summed E-state index contributed by atoms with van der Waals surface area (Å²) in [6, 6.07) is 0. The molecular formula is C8H12Cl2Pt. The van der Waals surface area contributed by atoms with Gasteiger partial charge < -0.3 is 0 Å². The molecule has 0 saturated heterocycles. The van der Waals surface area contributed by atoms with Gasteiger partial charge in [0, 0.05) is 0 Å². The quantitative estimate of drug-likeness (QED) is 0.562. The van der Waals surface area contributed by atoms with Crippen LogP contribution in [0.25, 0.3) is 0 Å². The number of halogens is 2. The van der Waals surface area contributed by atoms with Crippen molar-refractivity contribution >= 4 is 18.8 Å². The third-order valence-corrected chi connectivity index (χ3v) is 1.33. The van der Waals surface area contributed by atoms with Gasteiger partial charge in [-0.3, -0.25) is 0 Å². The Bertz CT molecular complexity index is 95.3. The molecule has 11 heavy (non-hydrogen) atoms. The van der Waals surface area contributed by atoms with Crippen LogP contribution in [0.1, 0.15) is 25.7 Å². The molecule has 1 aliphatic rings. The van der Waals surface area contributed by atoms with Crippen LogP contribution in [0, 0.1) is 0 Å². The zero-order valence-corrected chi connectivity index (χ0v) is 9.99.